The Balaban J connectivity index is 4.24. The Morgan fingerprint density at radius 3 is 1.88 bits per heavy atom. The number of rotatable bonds is 7. The lowest BCUT2D eigenvalue weighted by Gasteiger charge is -2.25. The van der Waals surface area contributed by atoms with E-state index < -0.39 is 0 Å². The molecule has 0 rings (SSSR count). The van der Waals surface area contributed by atoms with Gasteiger partial charge in [-0.2, -0.15) is 0 Å². The van der Waals surface area contributed by atoms with Gasteiger partial charge in [-0.25, -0.2) is 0 Å². The molecule has 0 aromatic heterocycles. The van der Waals surface area contributed by atoms with E-state index in [1.54, 1.807) is 0 Å². The fraction of sp³-hybridized carbons (Fsp3) is 0.917. The van der Waals surface area contributed by atoms with Gasteiger partial charge in [0.1, 0.15) is 6.10 Å². The normalized spacial score (nSPS) is 13.6. The minimum absolute atomic E-state index is 0.00757. The van der Waals surface area contributed by atoms with Crippen molar-refractivity contribution in [3.63, 3.8) is 0 Å². The van der Waals surface area contributed by atoms with Gasteiger partial charge in [0.25, 0.3) is 0 Å². The van der Waals surface area contributed by atoms with Crippen LogP contribution >= 0.6 is 0 Å². The van der Waals surface area contributed by atoms with E-state index in [1.807, 2.05) is 51.8 Å². The summed E-state index contributed by atoms with van der Waals surface area (Å²) in [5.41, 5.74) is 0. The van der Waals surface area contributed by atoms with Crippen LogP contribution in [0.2, 0.25) is 0 Å². The van der Waals surface area contributed by atoms with Crippen molar-refractivity contribution in [2.75, 3.05) is 41.3 Å². The largest absolute Gasteiger partial charge is 0.459 e. The van der Waals surface area contributed by atoms with Gasteiger partial charge in [0, 0.05) is 13.1 Å². The maximum atomic E-state index is 11.7. The molecule has 0 aliphatic carbocycles. The molecule has 0 aliphatic heterocycles. The molecule has 16 heavy (non-hydrogen) atoms. The maximum absolute atomic E-state index is 11.7. The summed E-state index contributed by atoms with van der Waals surface area (Å²) in [5, 5.41) is 0. The van der Waals surface area contributed by atoms with Crippen molar-refractivity contribution < 1.29 is 9.53 Å². The highest BCUT2D eigenvalue weighted by Crippen LogP contribution is 2.07. The van der Waals surface area contributed by atoms with Gasteiger partial charge < -0.3 is 14.5 Å². The van der Waals surface area contributed by atoms with Crippen LogP contribution in [0.1, 0.15) is 20.3 Å². The fourth-order valence-corrected chi connectivity index (χ4v) is 1.39. The van der Waals surface area contributed by atoms with Gasteiger partial charge in [-0.3, -0.25) is 4.79 Å². The summed E-state index contributed by atoms with van der Waals surface area (Å²) in [6.45, 7) is 5.43. The van der Waals surface area contributed by atoms with E-state index in [2.05, 4.69) is 0 Å². The molecule has 0 N–H and O–H groups in total. The Morgan fingerprint density at radius 2 is 1.56 bits per heavy atom. The molecule has 0 amide bonds. The van der Waals surface area contributed by atoms with E-state index in [1.165, 1.54) is 0 Å². The van der Waals surface area contributed by atoms with Crippen LogP contribution in [0.5, 0.6) is 0 Å². The van der Waals surface area contributed by atoms with Gasteiger partial charge in [0.15, 0.2) is 0 Å². The second kappa shape index (κ2) is 7.63. The van der Waals surface area contributed by atoms with Crippen molar-refractivity contribution in [2.24, 2.45) is 5.92 Å². The highest BCUT2D eigenvalue weighted by atomic mass is 16.5. The lowest BCUT2D eigenvalue weighted by molar-refractivity contribution is -0.154. The standard InChI is InChI=1S/C12H26N2O2/c1-7-10(2)12(15)16-11(8-13(3)4)9-14(5)6/h10-11H,7-9H2,1-6H3. The first kappa shape index (κ1) is 15.4. The van der Waals surface area contributed by atoms with Crippen LogP contribution in [0, 0.1) is 5.92 Å². The molecular formula is C12H26N2O2. The molecule has 1 atom stereocenters. The number of carbonyl (C=O) groups excluding carboxylic acids is 1. The first-order chi connectivity index (χ1) is 7.36. The van der Waals surface area contributed by atoms with Crippen molar-refractivity contribution in [3.05, 3.63) is 0 Å². The molecule has 0 fully saturated rings. The molecule has 4 nitrogen and oxygen atoms in total. The van der Waals surface area contributed by atoms with Crippen molar-refractivity contribution in [1.29, 1.82) is 0 Å². The number of esters is 1. The first-order valence-electron chi connectivity index (χ1n) is 5.86. The third kappa shape index (κ3) is 6.80. The van der Waals surface area contributed by atoms with E-state index in [-0.39, 0.29) is 18.0 Å². The molecule has 0 saturated carbocycles. The predicted molar refractivity (Wildman–Crippen MR) is 66.4 cm³/mol. The lowest BCUT2D eigenvalue weighted by Crippen LogP contribution is -2.39. The van der Waals surface area contributed by atoms with Crippen LogP contribution in [-0.2, 0) is 9.53 Å². The van der Waals surface area contributed by atoms with E-state index >= 15 is 0 Å². The predicted octanol–water partition coefficient (Wildman–Crippen LogP) is 1.07. The molecule has 0 radical (unpaired) electrons. The van der Waals surface area contributed by atoms with Gasteiger partial charge in [-0.15, -0.1) is 0 Å². The summed E-state index contributed by atoms with van der Waals surface area (Å²) in [7, 11) is 7.94. The zero-order chi connectivity index (χ0) is 12.7. The molecule has 0 aromatic rings. The molecule has 0 aliphatic rings. The number of likely N-dealkylation sites (N-methyl/N-ethyl adjacent to an activating group) is 2. The van der Waals surface area contributed by atoms with Crippen LogP contribution in [0.15, 0.2) is 0 Å². The van der Waals surface area contributed by atoms with E-state index in [0.717, 1.165) is 19.5 Å². The highest BCUT2D eigenvalue weighted by molar-refractivity contribution is 5.72. The Kier molecular flexibility index (Phi) is 7.34. The SMILES string of the molecule is CCC(C)C(=O)OC(CN(C)C)CN(C)C. The minimum Gasteiger partial charge on any atom is -0.459 e. The molecule has 0 heterocycles. The average Bonchev–Trinajstić information content (AvgIpc) is 2.14. The van der Waals surface area contributed by atoms with Crippen molar-refractivity contribution in [1.82, 2.24) is 9.80 Å². The van der Waals surface area contributed by atoms with Gasteiger partial charge in [0.05, 0.1) is 5.92 Å². The number of carbonyl (C=O) groups is 1. The molecular weight excluding hydrogens is 204 g/mol. The number of ether oxygens (including phenoxy) is 1. The summed E-state index contributed by atoms with van der Waals surface area (Å²) in [5.74, 6) is -0.0944. The van der Waals surface area contributed by atoms with Gasteiger partial charge in [-0.1, -0.05) is 13.8 Å². The first-order valence-corrected chi connectivity index (χ1v) is 5.86. The Bertz CT molecular complexity index is 195. The van der Waals surface area contributed by atoms with Gasteiger partial charge in [-0.05, 0) is 34.6 Å². The van der Waals surface area contributed by atoms with Crippen molar-refractivity contribution in [2.45, 2.75) is 26.4 Å². The number of hydrogen-bond acceptors (Lipinski definition) is 4. The number of nitrogens with zero attached hydrogens (tertiary/aromatic N) is 2. The molecule has 0 aromatic carbocycles. The molecule has 4 heteroatoms. The molecule has 1 unspecified atom stereocenters. The maximum Gasteiger partial charge on any atom is 0.309 e. The minimum atomic E-state index is -0.0869. The summed E-state index contributed by atoms with van der Waals surface area (Å²) in [4.78, 5) is 15.8. The van der Waals surface area contributed by atoms with Gasteiger partial charge >= 0.3 is 5.97 Å². The zero-order valence-corrected chi connectivity index (χ0v) is 11.5. The van der Waals surface area contributed by atoms with Crippen LogP contribution in [0.4, 0.5) is 0 Å². The van der Waals surface area contributed by atoms with E-state index in [0.29, 0.717) is 0 Å². The Hall–Kier alpha value is -0.610. The summed E-state index contributed by atoms with van der Waals surface area (Å²) >= 11 is 0. The summed E-state index contributed by atoms with van der Waals surface area (Å²) in [6, 6.07) is 0. The van der Waals surface area contributed by atoms with Crippen molar-refractivity contribution in [3.8, 4) is 0 Å². The topological polar surface area (TPSA) is 32.8 Å². The van der Waals surface area contributed by atoms with Crippen LogP contribution < -0.4 is 0 Å². The van der Waals surface area contributed by atoms with Crippen LogP contribution in [0.25, 0.3) is 0 Å². The molecule has 96 valence electrons. The van der Waals surface area contributed by atoms with Crippen molar-refractivity contribution >= 4 is 5.97 Å². The third-order valence-corrected chi connectivity index (χ3v) is 2.44. The zero-order valence-electron chi connectivity index (χ0n) is 11.5. The molecule has 0 saturated heterocycles. The highest BCUT2D eigenvalue weighted by Gasteiger charge is 2.19. The van der Waals surface area contributed by atoms with Gasteiger partial charge in [0.2, 0.25) is 0 Å². The molecule has 0 spiro atoms. The summed E-state index contributed by atoms with van der Waals surface area (Å²) < 4.78 is 5.50. The second-order valence-corrected chi connectivity index (χ2v) is 4.89. The third-order valence-electron chi connectivity index (χ3n) is 2.44. The smallest absolute Gasteiger partial charge is 0.309 e. The second-order valence-electron chi connectivity index (χ2n) is 4.89. The Labute approximate surface area is 99.5 Å². The van der Waals surface area contributed by atoms with Crippen LogP contribution in [-0.4, -0.2) is 63.2 Å². The average molecular weight is 230 g/mol. The summed E-state index contributed by atoms with van der Waals surface area (Å²) in [6.07, 6.45) is 0.779. The Morgan fingerprint density at radius 1 is 1.12 bits per heavy atom. The quantitative estimate of drug-likeness (QED) is 0.612. The lowest BCUT2D eigenvalue weighted by atomic mass is 10.1. The fourth-order valence-electron chi connectivity index (χ4n) is 1.39. The van der Waals surface area contributed by atoms with E-state index in [9.17, 15) is 4.79 Å². The monoisotopic (exact) mass is 230 g/mol. The number of hydrogen-bond donors (Lipinski definition) is 0. The van der Waals surface area contributed by atoms with E-state index in [4.69, 9.17) is 4.74 Å². The molecule has 0 bridgehead atoms. The van der Waals surface area contributed by atoms with Crippen LogP contribution in [0.3, 0.4) is 0 Å².